The summed E-state index contributed by atoms with van der Waals surface area (Å²) in [6, 6.07) is 15.0. The Morgan fingerprint density at radius 1 is 1.08 bits per heavy atom. The van der Waals surface area contributed by atoms with Crippen LogP contribution in [0.2, 0.25) is 0 Å². The maximum Gasteiger partial charge on any atom is 0.321 e. The number of aliphatic imine (C=N–C) groups is 1. The Morgan fingerprint density at radius 2 is 1.78 bits per heavy atom. The fourth-order valence-corrected chi connectivity index (χ4v) is 6.17. The van der Waals surface area contributed by atoms with Gasteiger partial charge in [-0.05, 0) is 49.6 Å². The smallest absolute Gasteiger partial charge is 0.321 e. The molecule has 3 N–H and O–H groups in total. The van der Waals surface area contributed by atoms with Crippen LogP contribution in [-0.2, 0) is 4.79 Å². The second kappa shape index (κ2) is 10.9. The number of carbonyl (C=O) groups is 2. The molecule has 3 amide bonds. The molecule has 0 bridgehead atoms. The highest BCUT2D eigenvalue weighted by atomic mass is 16.2. The molecule has 2 fully saturated rings. The third-order valence-corrected chi connectivity index (χ3v) is 7.96. The van der Waals surface area contributed by atoms with E-state index in [0.717, 1.165) is 81.6 Å². The zero-order valence-corrected chi connectivity index (χ0v) is 21.7. The van der Waals surface area contributed by atoms with Crippen LogP contribution in [0, 0.1) is 5.92 Å². The average molecular weight is 503 g/mol. The number of nitrogens with zero attached hydrogens (tertiary/aromatic N) is 4. The van der Waals surface area contributed by atoms with Crippen molar-refractivity contribution in [1.29, 1.82) is 0 Å². The lowest BCUT2D eigenvalue weighted by Crippen LogP contribution is -2.66. The van der Waals surface area contributed by atoms with E-state index < -0.39 is 11.7 Å². The number of rotatable bonds is 6. The van der Waals surface area contributed by atoms with Crippen molar-refractivity contribution in [2.75, 3.05) is 47.4 Å². The molecule has 2 aliphatic heterocycles. The number of anilines is 3. The van der Waals surface area contributed by atoms with Crippen molar-refractivity contribution in [1.82, 2.24) is 5.32 Å². The number of urea groups is 1. The minimum Gasteiger partial charge on any atom is -0.369 e. The third-order valence-electron chi connectivity index (χ3n) is 7.96. The van der Waals surface area contributed by atoms with Gasteiger partial charge in [-0.3, -0.25) is 14.7 Å². The van der Waals surface area contributed by atoms with Crippen LogP contribution in [0.25, 0.3) is 0 Å². The summed E-state index contributed by atoms with van der Waals surface area (Å²) in [5, 5.41) is 3.38. The fourth-order valence-electron chi connectivity index (χ4n) is 6.17. The molecule has 0 spiro atoms. The molecule has 37 heavy (non-hydrogen) atoms. The minimum absolute atomic E-state index is 0.126. The van der Waals surface area contributed by atoms with E-state index in [1.54, 1.807) is 6.21 Å². The van der Waals surface area contributed by atoms with Crippen LogP contribution in [0.4, 0.5) is 21.9 Å². The first-order chi connectivity index (χ1) is 18.1. The first-order valence-corrected chi connectivity index (χ1v) is 13.7. The van der Waals surface area contributed by atoms with Crippen molar-refractivity contribution in [2.45, 2.75) is 51.1 Å². The number of carbonyl (C=O) groups excluding carboxylic acids is 2. The van der Waals surface area contributed by atoms with E-state index in [9.17, 15) is 9.59 Å². The molecule has 5 rings (SSSR count). The molecule has 196 valence electrons. The second-order valence-corrected chi connectivity index (χ2v) is 10.3. The van der Waals surface area contributed by atoms with E-state index in [2.05, 4.69) is 17.1 Å². The SMILES string of the molecule is CCCN1C(=O)C(C2CCCCC2)(N(C(N)=O)c2ccc(N3CCNCC3)cc2)N=Cc2ccccc21. The molecule has 2 heterocycles. The predicted molar refractivity (Wildman–Crippen MR) is 150 cm³/mol. The van der Waals surface area contributed by atoms with Gasteiger partial charge in [-0.25, -0.2) is 4.79 Å². The maximum absolute atomic E-state index is 14.7. The molecule has 8 nitrogen and oxygen atoms in total. The van der Waals surface area contributed by atoms with Gasteiger partial charge in [0.2, 0.25) is 5.66 Å². The zero-order chi connectivity index (χ0) is 25.8. The number of primary amides is 1. The fraction of sp³-hybridized carbons (Fsp3) is 0.483. The summed E-state index contributed by atoms with van der Waals surface area (Å²) >= 11 is 0. The first-order valence-electron chi connectivity index (χ1n) is 13.7. The molecule has 1 saturated heterocycles. The summed E-state index contributed by atoms with van der Waals surface area (Å²) < 4.78 is 0. The van der Waals surface area contributed by atoms with E-state index in [1.807, 2.05) is 53.4 Å². The molecule has 2 aromatic rings. The van der Waals surface area contributed by atoms with Gasteiger partial charge in [0.15, 0.2) is 0 Å². The number of benzodiazepines with no additional fused rings is 1. The van der Waals surface area contributed by atoms with Crippen LogP contribution >= 0.6 is 0 Å². The number of piperazine rings is 1. The number of hydrogen-bond acceptors (Lipinski definition) is 5. The van der Waals surface area contributed by atoms with Gasteiger partial charge in [0.1, 0.15) is 0 Å². The molecular formula is C29H38N6O2. The molecule has 1 unspecified atom stereocenters. The Bertz CT molecular complexity index is 1140. The lowest BCUT2D eigenvalue weighted by Gasteiger charge is -2.46. The largest absolute Gasteiger partial charge is 0.369 e. The average Bonchev–Trinajstić information content (AvgIpc) is 3.06. The highest BCUT2D eigenvalue weighted by molar-refractivity contribution is 6.12. The summed E-state index contributed by atoms with van der Waals surface area (Å²) in [5.74, 6) is -0.300. The molecule has 3 aliphatic rings. The summed E-state index contributed by atoms with van der Waals surface area (Å²) in [6.45, 7) is 6.34. The maximum atomic E-state index is 14.7. The number of nitrogens with one attached hydrogen (secondary N) is 1. The van der Waals surface area contributed by atoms with Gasteiger partial charge in [0.05, 0.1) is 5.69 Å². The summed E-state index contributed by atoms with van der Waals surface area (Å²) in [6.07, 6.45) is 7.34. The molecule has 0 aromatic heterocycles. The first kappa shape index (κ1) is 25.3. The molecule has 8 heteroatoms. The van der Waals surface area contributed by atoms with Gasteiger partial charge < -0.3 is 20.9 Å². The monoisotopic (exact) mass is 502 g/mol. The molecule has 1 saturated carbocycles. The molecule has 2 aromatic carbocycles. The van der Waals surface area contributed by atoms with E-state index in [4.69, 9.17) is 10.7 Å². The quantitative estimate of drug-likeness (QED) is 0.621. The van der Waals surface area contributed by atoms with Gasteiger partial charge in [0.25, 0.3) is 5.91 Å². The lowest BCUT2D eigenvalue weighted by molar-refractivity contribution is -0.125. The molecule has 0 radical (unpaired) electrons. The number of benzene rings is 2. The lowest BCUT2D eigenvalue weighted by atomic mass is 9.78. The van der Waals surface area contributed by atoms with Crippen molar-refractivity contribution in [3.8, 4) is 0 Å². The van der Waals surface area contributed by atoms with Crippen LogP contribution in [0.1, 0.15) is 51.0 Å². The van der Waals surface area contributed by atoms with E-state index in [-0.39, 0.29) is 11.8 Å². The Balaban J connectivity index is 1.63. The van der Waals surface area contributed by atoms with Crippen LogP contribution in [0.5, 0.6) is 0 Å². The Morgan fingerprint density at radius 3 is 2.46 bits per heavy atom. The van der Waals surface area contributed by atoms with Crippen LogP contribution in [-0.4, -0.2) is 56.5 Å². The summed E-state index contributed by atoms with van der Waals surface area (Å²) in [4.78, 5) is 38.7. The van der Waals surface area contributed by atoms with Gasteiger partial charge in [-0.15, -0.1) is 0 Å². The van der Waals surface area contributed by atoms with E-state index in [0.29, 0.717) is 12.2 Å². The number of amides is 3. The standard InChI is InChI=1S/C29H38N6O2/c1-2-18-34-26-11-7-6-8-22(26)21-32-29(27(34)36,23-9-4-3-5-10-23)35(28(30)37)25-14-12-24(13-15-25)33-19-16-31-17-20-33/h6-8,11-15,21,23,31H,2-5,9-10,16-20H2,1H3,(H2,30,37). The van der Waals surface area contributed by atoms with Crippen LogP contribution in [0.15, 0.2) is 53.5 Å². The van der Waals surface area contributed by atoms with Crippen molar-refractivity contribution < 1.29 is 9.59 Å². The van der Waals surface area contributed by atoms with Gasteiger partial charge in [0, 0.05) is 61.8 Å². The summed E-state index contributed by atoms with van der Waals surface area (Å²) in [5.41, 5.74) is 8.10. The van der Waals surface area contributed by atoms with Crippen LogP contribution < -0.4 is 25.8 Å². The molecular weight excluding hydrogens is 464 g/mol. The van der Waals surface area contributed by atoms with Crippen molar-refractivity contribution in [3.63, 3.8) is 0 Å². The zero-order valence-electron chi connectivity index (χ0n) is 21.7. The molecule has 1 aliphatic carbocycles. The second-order valence-electron chi connectivity index (χ2n) is 10.3. The Hall–Kier alpha value is -3.39. The highest BCUT2D eigenvalue weighted by Crippen LogP contribution is 2.44. The number of hydrogen-bond donors (Lipinski definition) is 2. The summed E-state index contributed by atoms with van der Waals surface area (Å²) in [7, 11) is 0. The normalized spacial score (nSPS) is 22.5. The van der Waals surface area contributed by atoms with Gasteiger partial charge in [-0.2, -0.15) is 0 Å². The highest BCUT2D eigenvalue weighted by Gasteiger charge is 2.55. The van der Waals surface area contributed by atoms with Gasteiger partial charge >= 0.3 is 6.03 Å². The Labute approximate surface area is 219 Å². The van der Waals surface area contributed by atoms with Crippen molar-refractivity contribution in [2.24, 2.45) is 16.6 Å². The van der Waals surface area contributed by atoms with Crippen molar-refractivity contribution >= 4 is 35.2 Å². The Kier molecular flexibility index (Phi) is 7.46. The predicted octanol–water partition coefficient (Wildman–Crippen LogP) is 4.13. The van der Waals surface area contributed by atoms with Crippen molar-refractivity contribution in [3.05, 3.63) is 54.1 Å². The van der Waals surface area contributed by atoms with E-state index in [1.165, 1.54) is 4.90 Å². The van der Waals surface area contributed by atoms with Gasteiger partial charge in [-0.1, -0.05) is 44.4 Å². The molecule has 1 atom stereocenters. The third kappa shape index (κ3) is 4.70. The van der Waals surface area contributed by atoms with Crippen LogP contribution in [0.3, 0.4) is 0 Å². The number of nitrogens with two attached hydrogens (primary N) is 1. The topological polar surface area (TPSA) is 94.3 Å². The minimum atomic E-state index is -1.43. The number of para-hydroxylation sites is 1. The van der Waals surface area contributed by atoms with E-state index >= 15 is 0 Å². The number of fused-ring (bicyclic) bond motifs is 1.